The number of ether oxygens (including phenoxy) is 2. The van der Waals surface area contributed by atoms with Gasteiger partial charge in [0.05, 0.1) is 18.9 Å². The number of aryl methyl sites for hydroxylation is 1. The van der Waals surface area contributed by atoms with Crippen LogP contribution in [0, 0.1) is 0 Å². The van der Waals surface area contributed by atoms with Gasteiger partial charge in [-0.3, -0.25) is 9.78 Å². The lowest BCUT2D eigenvalue weighted by Crippen LogP contribution is -2.47. The highest BCUT2D eigenvalue weighted by Crippen LogP contribution is 2.31. The zero-order valence-corrected chi connectivity index (χ0v) is 14.8. The number of amides is 1. The van der Waals surface area contributed by atoms with E-state index in [-0.39, 0.29) is 5.91 Å². The molecule has 0 aromatic carbocycles. The Balaban J connectivity index is 1.29. The molecule has 132 valence electrons. The maximum Gasteiger partial charge on any atom is 0.222 e. The van der Waals surface area contributed by atoms with E-state index in [1.54, 1.807) is 17.5 Å². The van der Waals surface area contributed by atoms with Crippen molar-refractivity contribution in [2.75, 3.05) is 26.3 Å². The van der Waals surface area contributed by atoms with E-state index in [9.17, 15) is 4.79 Å². The average Bonchev–Trinajstić information content (AvgIpc) is 3.31. The lowest BCUT2D eigenvalue weighted by molar-refractivity contribution is -0.187. The molecular weight excluding hydrogens is 338 g/mol. The molecule has 2 aliphatic rings. The Labute approximate surface area is 150 Å². The topological polar surface area (TPSA) is 64.6 Å². The van der Waals surface area contributed by atoms with Crippen molar-refractivity contribution < 1.29 is 14.3 Å². The van der Waals surface area contributed by atoms with E-state index in [0.29, 0.717) is 39.1 Å². The Kier molecular flexibility index (Phi) is 4.78. The molecule has 0 N–H and O–H groups in total. The molecular formula is C18H21N3O3S. The summed E-state index contributed by atoms with van der Waals surface area (Å²) in [6.07, 6.45) is 6.25. The number of carbonyl (C=O) groups is 1. The van der Waals surface area contributed by atoms with Crippen LogP contribution < -0.4 is 0 Å². The molecule has 2 fully saturated rings. The van der Waals surface area contributed by atoms with Gasteiger partial charge in [-0.25, -0.2) is 4.98 Å². The molecule has 25 heavy (non-hydrogen) atoms. The maximum atomic E-state index is 12.5. The maximum absolute atomic E-state index is 12.5. The normalized spacial score (nSPS) is 19.4. The van der Waals surface area contributed by atoms with E-state index in [1.165, 1.54) is 0 Å². The van der Waals surface area contributed by atoms with Crippen LogP contribution in [0.1, 0.15) is 25.0 Å². The molecule has 0 bridgehead atoms. The van der Waals surface area contributed by atoms with Gasteiger partial charge in [0, 0.05) is 55.7 Å². The summed E-state index contributed by atoms with van der Waals surface area (Å²) in [6.45, 7) is 2.74. The molecule has 2 aromatic rings. The van der Waals surface area contributed by atoms with Gasteiger partial charge >= 0.3 is 0 Å². The third-order valence-corrected chi connectivity index (χ3v) is 5.69. The summed E-state index contributed by atoms with van der Waals surface area (Å²) in [5.41, 5.74) is 1.98. The van der Waals surface area contributed by atoms with Gasteiger partial charge in [0.25, 0.3) is 0 Å². The van der Waals surface area contributed by atoms with Crippen molar-refractivity contribution in [1.29, 1.82) is 0 Å². The van der Waals surface area contributed by atoms with Crippen LogP contribution in [0.4, 0.5) is 0 Å². The molecule has 7 heteroatoms. The fourth-order valence-corrected chi connectivity index (χ4v) is 4.16. The van der Waals surface area contributed by atoms with Gasteiger partial charge in [0.1, 0.15) is 5.01 Å². The molecule has 0 radical (unpaired) electrons. The fourth-order valence-electron chi connectivity index (χ4n) is 3.32. The van der Waals surface area contributed by atoms with Crippen molar-refractivity contribution >= 4 is 17.2 Å². The number of thiazole rings is 1. The van der Waals surface area contributed by atoms with Crippen molar-refractivity contribution in [2.24, 2.45) is 0 Å². The highest BCUT2D eigenvalue weighted by Gasteiger charge is 2.40. The van der Waals surface area contributed by atoms with Gasteiger partial charge in [0.2, 0.25) is 5.91 Å². The predicted molar refractivity (Wildman–Crippen MR) is 94.1 cm³/mol. The highest BCUT2D eigenvalue weighted by atomic mass is 32.1. The minimum atomic E-state index is -0.426. The molecule has 6 nitrogen and oxygen atoms in total. The zero-order chi connectivity index (χ0) is 17.1. The van der Waals surface area contributed by atoms with Gasteiger partial charge < -0.3 is 14.4 Å². The van der Waals surface area contributed by atoms with Crippen LogP contribution in [-0.4, -0.2) is 52.9 Å². The van der Waals surface area contributed by atoms with Crippen LogP contribution >= 0.6 is 11.3 Å². The first-order valence-electron chi connectivity index (χ1n) is 8.65. The summed E-state index contributed by atoms with van der Waals surface area (Å²) < 4.78 is 11.4. The zero-order valence-electron chi connectivity index (χ0n) is 14.0. The van der Waals surface area contributed by atoms with Gasteiger partial charge in [-0.1, -0.05) is 0 Å². The van der Waals surface area contributed by atoms with Crippen molar-refractivity contribution in [2.45, 2.75) is 31.5 Å². The Hall–Kier alpha value is -1.83. The molecule has 0 unspecified atom stereocenters. The second-order valence-electron chi connectivity index (χ2n) is 6.37. The molecule has 2 aromatic heterocycles. The Morgan fingerprint density at radius 2 is 2.08 bits per heavy atom. The van der Waals surface area contributed by atoms with Crippen LogP contribution in [0.2, 0.25) is 0 Å². The number of hydrogen-bond donors (Lipinski definition) is 0. The second kappa shape index (κ2) is 7.19. The summed E-state index contributed by atoms with van der Waals surface area (Å²) in [4.78, 5) is 23.1. The minimum Gasteiger partial charge on any atom is -0.347 e. The molecule has 1 spiro atoms. The summed E-state index contributed by atoms with van der Waals surface area (Å²) >= 11 is 1.59. The van der Waals surface area contributed by atoms with Crippen LogP contribution in [0.5, 0.6) is 0 Å². The lowest BCUT2D eigenvalue weighted by atomic mass is 10.0. The van der Waals surface area contributed by atoms with E-state index in [2.05, 4.69) is 9.97 Å². The first-order valence-corrected chi connectivity index (χ1v) is 9.53. The largest absolute Gasteiger partial charge is 0.347 e. The Morgan fingerprint density at radius 1 is 1.28 bits per heavy atom. The molecule has 0 aliphatic carbocycles. The second-order valence-corrected chi connectivity index (χ2v) is 7.23. The molecule has 4 heterocycles. The number of pyridine rings is 1. The number of piperidine rings is 1. The summed E-state index contributed by atoms with van der Waals surface area (Å²) in [7, 11) is 0. The molecule has 0 saturated carbocycles. The molecule has 4 rings (SSSR count). The fraction of sp³-hybridized carbons (Fsp3) is 0.500. The third-order valence-electron chi connectivity index (χ3n) is 4.75. The monoisotopic (exact) mass is 359 g/mol. The van der Waals surface area contributed by atoms with Crippen LogP contribution in [0.3, 0.4) is 0 Å². The average molecular weight is 359 g/mol. The number of aromatic nitrogens is 2. The number of hydrogen-bond acceptors (Lipinski definition) is 6. The summed E-state index contributed by atoms with van der Waals surface area (Å²) in [6, 6.07) is 3.90. The third kappa shape index (κ3) is 3.73. The SMILES string of the molecule is O=C(CCc1csc(-c2cccnc2)n1)N1CCC2(CC1)OCCO2. The quantitative estimate of drug-likeness (QED) is 0.839. The van der Waals surface area contributed by atoms with E-state index in [1.807, 2.05) is 28.6 Å². The van der Waals surface area contributed by atoms with E-state index >= 15 is 0 Å². The Morgan fingerprint density at radius 3 is 2.80 bits per heavy atom. The minimum absolute atomic E-state index is 0.184. The standard InChI is InChI=1S/C18H21N3O3S/c22-16(21-8-5-18(6-9-21)23-10-11-24-18)4-3-15-13-25-17(20-15)14-2-1-7-19-12-14/h1-2,7,12-13H,3-6,8-11H2. The van der Waals surface area contributed by atoms with Crippen molar-refractivity contribution in [3.63, 3.8) is 0 Å². The van der Waals surface area contributed by atoms with Gasteiger partial charge in [-0.2, -0.15) is 0 Å². The first-order chi connectivity index (χ1) is 12.2. The van der Waals surface area contributed by atoms with Gasteiger partial charge in [0.15, 0.2) is 5.79 Å². The number of nitrogens with zero attached hydrogens (tertiary/aromatic N) is 3. The van der Waals surface area contributed by atoms with Gasteiger partial charge in [-0.05, 0) is 18.6 Å². The number of carbonyl (C=O) groups excluding carboxylic acids is 1. The van der Waals surface area contributed by atoms with Crippen molar-refractivity contribution in [1.82, 2.24) is 14.9 Å². The molecule has 2 saturated heterocycles. The van der Waals surface area contributed by atoms with E-state index in [4.69, 9.17) is 9.47 Å². The van der Waals surface area contributed by atoms with Crippen LogP contribution in [0.25, 0.3) is 10.6 Å². The van der Waals surface area contributed by atoms with E-state index in [0.717, 1.165) is 29.1 Å². The molecule has 2 aliphatic heterocycles. The van der Waals surface area contributed by atoms with Crippen molar-refractivity contribution in [3.8, 4) is 10.6 Å². The lowest BCUT2D eigenvalue weighted by Gasteiger charge is -2.37. The van der Waals surface area contributed by atoms with Crippen LogP contribution in [-0.2, 0) is 20.7 Å². The van der Waals surface area contributed by atoms with Gasteiger partial charge in [-0.15, -0.1) is 11.3 Å². The first kappa shape index (κ1) is 16.6. The number of likely N-dealkylation sites (tertiary alicyclic amines) is 1. The smallest absolute Gasteiger partial charge is 0.222 e. The summed E-state index contributed by atoms with van der Waals surface area (Å²) in [5, 5.41) is 2.98. The predicted octanol–water partition coefficient (Wildman–Crippen LogP) is 2.50. The molecule has 0 atom stereocenters. The van der Waals surface area contributed by atoms with E-state index < -0.39 is 5.79 Å². The Bertz CT molecular complexity index is 718. The van der Waals surface area contributed by atoms with Crippen molar-refractivity contribution in [3.05, 3.63) is 35.6 Å². The van der Waals surface area contributed by atoms with Crippen LogP contribution in [0.15, 0.2) is 29.9 Å². The highest BCUT2D eigenvalue weighted by molar-refractivity contribution is 7.13. The number of rotatable bonds is 4. The molecule has 1 amide bonds. The summed E-state index contributed by atoms with van der Waals surface area (Å²) in [5.74, 6) is -0.242.